The van der Waals surface area contributed by atoms with Gasteiger partial charge in [-0.05, 0) is 36.4 Å². The van der Waals surface area contributed by atoms with Crippen LogP contribution >= 0.6 is 0 Å². The molecule has 0 saturated carbocycles. The maximum Gasteiger partial charge on any atom is 0.180 e. The predicted octanol–water partition coefficient (Wildman–Crippen LogP) is 3.25. The van der Waals surface area contributed by atoms with Gasteiger partial charge in [0.25, 0.3) is 0 Å². The monoisotopic (exact) mass is 275 g/mol. The van der Waals surface area contributed by atoms with Crippen molar-refractivity contribution in [3.8, 4) is 5.75 Å². The first-order valence-corrected chi connectivity index (χ1v) is 7.30. The molecule has 0 spiro atoms. The number of ether oxygens (including phenoxy) is 1. The van der Waals surface area contributed by atoms with E-state index in [1.54, 1.807) is 7.11 Å². The lowest BCUT2D eigenvalue weighted by Gasteiger charge is -2.27. The van der Waals surface area contributed by atoms with Crippen molar-refractivity contribution in [1.29, 1.82) is 0 Å². The third kappa shape index (κ3) is 3.40. The van der Waals surface area contributed by atoms with Crippen molar-refractivity contribution in [2.75, 3.05) is 26.7 Å². The van der Waals surface area contributed by atoms with Gasteiger partial charge in [-0.25, -0.2) is 0 Å². The summed E-state index contributed by atoms with van der Waals surface area (Å²) in [7, 11) is 1.61. The summed E-state index contributed by atoms with van der Waals surface area (Å²) in [5, 5.41) is 0. The van der Waals surface area contributed by atoms with Crippen molar-refractivity contribution in [3.05, 3.63) is 29.8 Å². The molecule has 0 aromatic heterocycles. The summed E-state index contributed by atoms with van der Waals surface area (Å²) in [5.41, 5.74) is 1.01. The van der Waals surface area contributed by atoms with E-state index in [2.05, 4.69) is 25.7 Å². The third-order valence-electron chi connectivity index (χ3n) is 4.27. The van der Waals surface area contributed by atoms with Gasteiger partial charge < -0.3 is 4.74 Å². The molecule has 0 bridgehead atoms. The fraction of sp³-hybridized carbons (Fsp3) is 0.588. The Morgan fingerprint density at radius 3 is 2.65 bits per heavy atom. The van der Waals surface area contributed by atoms with E-state index >= 15 is 0 Å². The quantitative estimate of drug-likeness (QED) is 0.790. The molecule has 20 heavy (non-hydrogen) atoms. The molecule has 1 fully saturated rings. The van der Waals surface area contributed by atoms with Crippen molar-refractivity contribution in [2.45, 2.75) is 27.2 Å². The first kappa shape index (κ1) is 15.0. The molecule has 1 aromatic carbocycles. The van der Waals surface area contributed by atoms with Crippen LogP contribution in [-0.4, -0.2) is 37.4 Å². The average Bonchev–Trinajstić information content (AvgIpc) is 2.87. The van der Waals surface area contributed by atoms with Gasteiger partial charge in [0.2, 0.25) is 0 Å². The number of carbonyl (C=O) groups is 1. The summed E-state index contributed by atoms with van der Waals surface area (Å²) in [4.78, 5) is 14.7. The van der Waals surface area contributed by atoms with Gasteiger partial charge in [-0.1, -0.05) is 32.9 Å². The normalized spacial score (nSPS) is 20.1. The van der Waals surface area contributed by atoms with E-state index in [9.17, 15) is 4.79 Å². The van der Waals surface area contributed by atoms with Crippen LogP contribution in [0, 0.1) is 11.3 Å². The van der Waals surface area contributed by atoms with Crippen LogP contribution in [0.15, 0.2) is 24.3 Å². The SMILES string of the molecule is COc1ccccc1C(=O)CN1CCC(C(C)(C)C)C1. The van der Waals surface area contributed by atoms with E-state index in [-0.39, 0.29) is 5.78 Å². The number of benzene rings is 1. The minimum atomic E-state index is 0.150. The van der Waals surface area contributed by atoms with Crippen LogP contribution in [0.25, 0.3) is 0 Å². The summed E-state index contributed by atoms with van der Waals surface area (Å²) in [6.45, 7) is 9.37. The molecule has 0 radical (unpaired) electrons. The number of likely N-dealkylation sites (tertiary alicyclic amines) is 1. The summed E-state index contributed by atoms with van der Waals surface area (Å²) in [6, 6.07) is 7.46. The third-order valence-corrected chi connectivity index (χ3v) is 4.27. The topological polar surface area (TPSA) is 29.5 Å². The Kier molecular flexibility index (Phi) is 4.48. The van der Waals surface area contributed by atoms with E-state index in [0.29, 0.717) is 29.2 Å². The van der Waals surface area contributed by atoms with Gasteiger partial charge in [0, 0.05) is 6.54 Å². The van der Waals surface area contributed by atoms with E-state index in [4.69, 9.17) is 4.74 Å². The van der Waals surface area contributed by atoms with Crippen molar-refractivity contribution in [2.24, 2.45) is 11.3 Å². The van der Waals surface area contributed by atoms with Crippen LogP contribution in [0.5, 0.6) is 5.75 Å². The zero-order chi connectivity index (χ0) is 14.8. The van der Waals surface area contributed by atoms with Crippen LogP contribution in [0.3, 0.4) is 0 Å². The van der Waals surface area contributed by atoms with Crippen LogP contribution in [0.2, 0.25) is 0 Å². The van der Waals surface area contributed by atoms with Crippen LogP contribution < -0.4 is 4.74 Å². The second kappa shape index (κ2) is 5.96. The highest BCUT2D eigenvalue weighted by Gasteiger charge is 2.32. The highest BCUT2D eigenvalue weighted by Crippen LogP contribution is 2.33. The number of ketones is 1. The van der Waals surface area contributed by atoms with Crippen LogP contribution in [-0.2, 0) is 0 Å². The molecule has 1 unspecified atom stereocenters. The lowest BCUT2D eigenvalue weighted by Crippen LogP contribution is -2.30. The van der Waals surface area contributed by atoms with Gasteiger partial charge in [0.05, 0.1) is 19.2 Å². The lowest BCUT2D eigenvalue weighted by molar-refractivity contribution is 0.0935. The lowest BCUT2D eigenvalue weighted by atomic mass is 9.80. The molecule has 1 aromatic rings. The first-order valence-electron chi connectivity index (χ1n) is 7.30. The molecule has 1 saturated heterocycles. The number of carbonyl (C=O) groups excluding carboxylic acids is 1. The Morgan fingerprint density at radius 1 is 1.35 bits per heavy atom. The van der Waals surface area contributed by atoms with Gasteiger partial charge >= 0.3 is 0 Å². The Hall–Kier alpha value is -1.35. The number of para-hydroxylation sites is 1. The number of nitrogens with zero attached hydrogens (tertiary/aromatic N) is 1. The second-order valence-electron chi connectivity index (χ2n) is 6.71. The zero-order valence-electron chi connectivity index (χ0n) is 13.0. The molecule has 3 nitrogen and oxygen atoms in total. The van der Waals surface area contributed by atoms with Crippen molar-refractivity contribution < 1.29 is 9.53 Å². The zero-order valence-corrected chi connectivity index (χ0v) is 13.0. The van der Waals surface area contributed by atoms with Crippen molar-refractivity contribution >= 4 is 5.78 Å². The molecular formula is C17H25NO2. The van der Waals surface area contributed by atoms with E-state index in [1.807, 2.05) is 24.3 Å². The standard InChI is InChI=1S/C17H25NO2/c1-17(2,3)13-9-10-18(11-13)12-15(19)14-7-5-6-8-16(14)20-4/h5-8,13H,9-12H2,1-4H3. The van der Waals surface area contributed by atoms with E-state index < -0.39 is 0 Å². The average molecular weight is 275 g/mol. The van der Waals surface area contributed by atoms with Crippen LogP contribution in [0.1, 0.15) is 37.6 Å². The van der Waals surface area contributed by atoms with E-state index in [1.165, 1.54) is 6.42 Å². The highest BCUT2D eigenvalue weighted by atomic mass is 16.5. The van der Waals surface area contributed by atoms with Gasteiger partial charge in [0.15, 0.2) is 5.78 Å². The first-order chi connectivity index (χ1) is 9.41. The molecule has 2 rings (SSSR count). The molecular weight excluding hydrogens is 250 g/mol. The largest absolute Gasteiger partial charge is 0.496 e. The van der Waals surface area contributed by atoms with Crippen molar-refractivity contribution in [1.82, 2.24) is 4.90 Å². The summed E-state index contributed by atoms with van der Waals surface area (Å²) in [5.74, 6) is 1.49. The number of rotatable bonds is 4. The summed E-state index contributed by atoms with van der Waals surface area (Å²) < 4.78 is 5.27. The minimum absolute atomic E-state index is 0.150. The molecule has 110 valence electrons. The fourth-order valence-electron chi connectivity index (χ4n) is 2.85. The summed E-state index contributed by atoms with van der Waals surface area (Å²) >= 11 is 0. The Morgan fingerprint density at radius 2 is 2.05 bits per heavy atom. The molecule has 3 heteroatoms. The number of methoxy groups -OCH3 is 1. The molecule has 0 aliphatic carbocycles. The maximum atomic E-state index is 12.4. The maximum absolute atomic E-state index is 12.4. The molecule has 1 atom stereocenters. The minimum Gasteiger partial charge on any atom is -0.496 e. The fourth-order valence-corrected chi connectivity index (χ4v) is 2.85. The molecule has 1 aliphatic rings. The van der Waals surface area contributed by atoms with E-state index in [0.717, 1.165) is 13.1 Å². The second-order valence-corrected chi connectivity index (χ2v) is 6.71. The van der Waals surface area contributed by atoms with Gasteiger partial charge in [-0.3, -0.25) is 9.69 Å². The Bertz CT molecular complexity index is 476. The van der Waals surface area contributed by atoms with Crippen LogP contribution in [0.4, 0.5) is 0 Å². The molecule has 0 N–H and O–H groups in total. The van der Waals surface area contributed by atoms with Gasteiger partial charge in [-0.2, -0.15) is 0 Å². The summed E-state index contributed by atoms with van der Waals surface area (Å²) in [6.07, 6.45) is 1.18. The number of hydrogen-bond acceptors (Lipinski definition) is 3. The van der Waals surface area contributed by atoms with Gasteiger partial charge in [-0.15, -0.1) is 0 Å². The van der Waals surface area contributed by atoms with Gasteiger partial charge in [0.1, 0.15) is 5.75 Å². The number of hydrogen-bond donors (Lipinski definition) is 0. The Balaban J connectivity index is 1.99. The number of Topliss-reactive ketones (excluding diaryl/α,β-unsaturated/α-hetero) is 1. The highest BCUT2D eigenvalue weighted by molar-refractivity contribution is 6.00. The smallest absolute Gasteiger partial charge is 0.180 e. The van der Waals surface area contributed by atoms with Crippen molar-refractivity contribution in [3.63, 3.8) is 0 Å². The predicted molar refractivity (Wildman–Crippen MR) is 81.3 cm³/mol. The molecule has 1 heterocycles. The Labute approximate surface area is 121 Å². The molecule has 0 amide bonds. The molecule has 1 aliphatic heterocycles.